The molecule has 0 aromatic rings. The Hall–Kier alpha value is -0.0400. The molecule has 1 aliphatic heterocycles. The fraction of sp³-hybridized carbons (Fsp3) is 1.00. The van der Waals surface area contributed by atoms with Crippen LogP contribution in [0.25, 0.3) is 0 Å². The summed E-state index contributed by atoms with van der Waals surface area (Å²) in [6.07, 6.45) is 2.89. The molecule has 2 unspecified atom stereocenters. The van der Waals surface area contributed by atoms with Gasteiger partial charge in [0.2, 0.25) is 0 Å². The molecule has 1 rings (SSSR count). The summed E-state index contributed by atoms with van der Waals surface area (Å²) in [6.45, 7) is 6.53. The molecular formula is C9H22O. The average molecular weight is 146 g/mol. The molecule has 0 aliphatic carbocycles. The van der Waals surface area contributed by atoms with E-state index in [-0.39, 0.29) is 20.5 Å². The molecule has 0 spiro atoms. The highest BCUT2D eigenvalue weighted by atomic mass is 16.6. The Morgan fingerprint density at radius 1 is 1.30 bits per heavy atom. The average Bonchev–Trinajstić information content (AvgIpc) is 2.44. The predicted molar refractivity (Wildman–Crippen MR) is 47.3 cm³/mol. The number of rotatable bonds is 2. The Bertz CT molecular complexity index is 90.7. The summed E-state index contributed by atoms with van der Waals surface area (Å²) in [7, 11) is 0. The first-order chi connectivity index (χ1) is 3.73. The Labute approximate surface area is 65.8 Å². The minimum atomic E-state index is 0. The molecule has 0 aromatic heterocycles. The van der Waals surface area contributed by atoms with Crippen LogP contribution in [0.1, 0.15) is 48.5 Å². The van der Waals surface area contributed by atoms with Crippen LogP contribution < -0.4 is 0 Å². The van der Waals surface area contributed by atoms with Crippen LogP contribution in [-0.2, 0) is 4.74 Å². The zero-order valence-electron chi connectivity index (χ0n) is 5.90. The monoisotopic (exact) mass is 146 g/mol. The molecule has 0 saturated carbocycles. The van der Waals surface area contributed by atoms with Gasteiger partial charge in [-0.2, -0.15) is 0 Å². The number of hydrogen-bond donors (Lipinski definition) is 0. The molecule has 64 valence electrons. The van der Waals surface area contributed by atoms with E-state index in [0.717, 1.165) is 6.42 Å². The summed E-state index contributed by atoms with van der Waals surface area (Å²) in [5.74, 6) is 0. The minimum absolute atomic E-state index is 0. The SMILES string of the molecule is C.C.CCC1OC1(C)CC. The fourth-order valence-electron chi connectivity index (χ4n) is 1.12. The standard InChI is InChI=1S/C7H14O.2CH4/c1-4-6-7(3,5-2)8-6;;/h6H,4-5H2,1-3H3;2*1H4. The van der Waals surface area contributed by atoms with E-state index >= 15 is 0 Å². The number of hydrogen-bond acceptors (Lipinski definition) is 1. The van der Waals surface area contributed by atoms with Crippen molar-refractivity contribution in [2.24, 2.45) is 0 Å². The number of epoxide rings is 1. The highest BCUT2D eigenvalue weighted by molar-refractivity contribution is 4.96. The second kappa shape index (κ2) is 3.97. The number of ether oxygens (including phenoxy) is 1. The van der Waals surface area contributed by atoms with E-state index < -0.39 is 0 Å². The normalized spacial score (nSPS) is 35.7. The van der Waals surface area contributed by atoms with Gasteiger partial charge in [0.05, 0.1) is 11.7 Å². The van der Waals surface area contributed by atoms with Crippen LogP contribution in [0.3, 0.4) is 0 Å². The summed E-state index contributed by atoms with van der Waals surface area (Å²) in [5.41, 5.74) is 0.259. The molecule has 1 fully saturated rings. The molecule has 0 bridgehead atoms. The van der Waals surface area contributed by atoms with Crippen molar-refractivity contribution < 1.29 is 4.74 Å². The molecule has 10 heavy (non-hydrogen) atoms. The van der Waals surface area contributed by atoms with Crippen LogP contribution in [0.4, 0.5) is 0 Å². The van der Waals surface area contributed by atoms with Gasteiger partial charge in [0, 0.05) is 0 Å². The summed E-state index contributed by atoms with van der Waals surface area (Å²) in [5, 5.41) is 0. The molecule has 1 heteroatoms. The Morgan fingerprint density at radius 3 is 1.90 bits per heavy atom. The molecule has 0 aromatic carbocycles. The van der Waals surface area contributed by atoms with E-state index in [0.29, 0.717) is 6.10 Å². The third kappa shape index (κ3) is 1.98. The van der Waals surface area contributed by atoms with Crippen molar-refractivity contribution in [3.63, 3.8) is 0 Å². The second-order valence-electron chi connectivity index (χ2n) is 2.68. The van der Waals surface area contributed by atoms with Crippen LogP contribution in [0.2, 0.25) is 0 Å². The third-order valence-electron chi connectivity index (χ3n) is 2.11. The van der Waals surface area contributed by atoms with E-state index in [4.69, 9.17) is 4.74 Å². The van der Waals surface area contributed by atoms with Crippen LogP contribution in [0.15, 0.2) is 0 Å². The van der Waals surface area contributed by atoms with Gasteiger partial charge in [-0.1, -0.05) is 28.7 Å². The maximum Gasteiger partial charge on any atom is 0.0917 e. The maximum atomic E-state index is 5.40. The molecule has 0 N–H and O–H groups in total. The zero-order chi connectivity index (χ0) is 6.20. The van der Waals surface area contributed by atoms with Crippen LogP contribution in [0, 0.1) is 0 Å². The predicted octanol–water partition coefficient (Wildman–Crippen LogP) is 3.24. The van der Waals surface area contributed by atoms with Gasteiger partial charge in [0.25, 0.3) is 0 Å². The lowest BCUT2D eigenvalue weighted by Crippen LogP contribution is -2.05. The summed E-state index contributed by atoms with van der Waals surface area (Å²) < 4.78 is 5.40. The van der Waals surface area contributed by atoms with E-state index in [9.17, 15) is 0 Å². The van der Waals surface area contributed by atoms with Gasteiger partial charge >= 0.3 is 0 Å². The first kappa shape index (κ1) is 12.6. The van der Waals surface area contributed by atoms with Gasteiger partial charge in [-0.3, -0.25) is 0 Å². The quantitative estimate of drug-likeness (QED) is 0.545. The van der Waals surface area contributed by atoms with Crippen LogP contribution >= 0.6 is 0 Å². The molecule has 1 heterocycles. The van der Waals surface area contributed by atoms with Gasteiger partial charge in [-0.15, -0.1) is 0 Å². The van der Waals surface area contributed by atoms with Gasteiger partial charge in [-0.25, -0.2) is 0 Å². The van der Waals surface area contributed by atoms with E-state index in [1.54, 1.807) is 0 Å². The van der Waals surface area contributed by atoms with Gasteiger partial charge in [0.1, 0.15) is 0 Å². The summed E-state index contributed by atoms with van der Waals surface area (Å²) in [4.78, 5) is 0. The fourth-order valence-corrected chi connectivity index (χ4v) is 1.12. The van der Waals surface area contributed by atoms with E-state index in [1.807, 2.05) is 0 Å². The topological polar surface area (TPSA) is 12.5 Å². The molecular weight excluding hydrogens is 124 g/mol. The van der Waals surface area contributed by atoms with Crippen molar-refractivity contribution in [3.8, 4) is 0 Å². The van der Waals surface area contributed by atoms with Crippen LogP contribution in [-0.4, -0.2) is 11.7 Å². The second-order valence-corrected chi connectivity index (χ2v) is 2.68. The summed E-state index contributed by atoms with van der Waals surface area (Å²) in [6, 6.07) is 0. The first-order valence-electron chi connectivity index (χ1n) is 3.40. The Morgan fingerprint density at radius 2 is 1.80 bits per heavy atom. The van der Waals surface area contributed by atoms with Gasteiger partial charge in [-0.05, 0) is 19.8 Å². The van der Waals surface area contributed by atoms with Crippen molar-refractivity contribution in [1.82, 2.24) is 0 Å². The molecule has 2 atom stereocenters. The van der Waals surface area contributed by atoms with E-state index in [1.165, 1.54) is 6.42 Å². The minimum Gasteiger partial charge on any atom is -0.366 e. The molecule has 0 radical (unpaired) electrons. The lowest BCUT2D eigenvalue weighted by molar-refractivity contribution is 0.301. The first-order valence-corrected chi connectivity index (χ1v) is 3.40. The maximum absolute atomic E-state index is 5.40. The molecule has 1 saturated heterocycles. The highest BCUT2D eigenvalue weighted by Crippen LogP contribution is 2.40. The van der Waals surface area contributed by atoms with Gasteiger partial charge < -0.3 is 4.74 Å². The van der Waals surface area contributed by atoms with Crippen molar-refractivity contribution in [2.75, 3.05) is 0 Å². The lowest BCUT2D eigenvalue weighted by atomic mass is 10.0. The molecule has 1 aliphatic rings. The zero-order valence-corrected chi connectivity index (χ0v) is 5.90. The van der Waals surface area contributed by atoms with Crippen molar-refractivity contribution in [3.05, 3.63) is 0 Å². The van der Waals surface area contributed by atoms with Crippen molar-refractivity contribution in [1.29, 1.82) is 0 Å². The third-order valence-corrected chi connectivity index (χ3v) is 2.11. The summed E-state index contributed by atoms with van der Waals surface area (Å²) >= 11 is 0. The van der Waals surface area contributed by atoms with Crippen molar-refractivity contribution >= 4 is 0 Å². The largest absolute Gasteiger partial charge is 0.366 e. The highest BCUT2D eigenvalue weighted by Gasteiger charge is 2.48. The van der Waals surface area contributed by atoms with Gasteiger partial charge in [0.15, 0.2) is 0 Å². The Kier molecular flexibility index (Phi) is 5.01. The molecule has 0 amide bonds. The van der Waals surface area contributed by atoms with E-state index in [2.05, 4.69) is 20.8 Å². The van der Waals surface area contributed by atoms with Crippen molar-refractivity contribution in [2.45, 2.75) is 60.2 Å². The van der Waals surface area contributed by atoms with Crippen LogP contribution in [0.5, 0.6) is 0 Å². The smallest absolute Gasteiger partial charge is 0.0917 e. The molecule has 1 nitrogen and oxygen atoms in total. The lowest BCUT2D eigenvalue weighted by Gasteiger charge is -1.96. The Balaban J connectivity index is 0.